The van der Waals surface area contributed by atoms with E-state index >= 15 is 0 Å². The van der Waals surface area contributed by atoms with Crippen molar-refractivity contribution in [1.82, 2.24) is 10.2 Å². The summed E-state index contributed by atoms with van der Waals surface area (Å²) in [4.78, 5) is 11.7. The molecule has 0 spiro atoms. The highest BCUT2D eigenvalue weighted by Crippen LogP contribution is 2.28. The molecule has 0 aliphatic heterocycles. The van der Waals surface area contributed by atoms with E-state index in [-0.39, 0.29) is 35.9 Å². The van der Waals surface area contributed by atoms with Crippen LogP contribution in [0.1, 0.15) is 0 Å². The number of carbonyl (C=O) groups excluding carboxylic acids is 1. The predicted molar refractivity (Wildman–Crippen MR) is 98.3 cm³/mol. The molecule has 6 nitrogen and oxygen atoms in total. The van der Waals surface area contributed by atoms with Crippen molar-refractivity contribution >= 4 is 29.3 Å². The van der Waals surface area contributed by atoms with Gasteiger partial charge in [-0.2, -0.15) is 0 Å². The zero-order chi connectivity index (χ0) is 19.1. The van der Waals surface area contributed by atoms with Gasteiger partial charge in [0.05, 0.1) is 10.6 Å². The van der Waals surface area contributed by atoms with Crippen LogP contribution in [-0.4, -0.2) is 35.1 Å². The molecule has 0 unspecified atom stereocenters. The first-order valence-electron chi connectivity index (χ1n) is 7.87. The predicted octanol–water partition coefficient (Wildman–Crippen LogP) is 4.24. The lowest BCUT2D eigenvalue weighted by atomic mass is 10.2. The molecule has 0 aliphatic rings. The molecule has 0 amide bonds. The third-order valence-electron chi connectivity index (χ3n) is 3.25. The quantitative estimate of drug-likeness (QED) is 0.313. The summed E-state index contributed by atoms with van der Waals surface area (Å²) in [6, 6.07) is 12.7. The van der Waals surface area contributed by atoms with E-state index < -0.39 is 5.97 Å². The number of rotatable bonds is 8. The third-order valence-corrected chi connectivity index (χ3v) is 4.37. The molecule has 2 aromatic carbocycles. The topological polar surface area (TPSA) is 74.5 Å². The first-order chi connectivity index (χ1) is 13.1. The Morgan fingerprint density at radius 3 is 2.67 bits per heavy atom. The highest BCUT2D eigenvalue weighted by atomic mass is 35.5. The number of esters is 1. The molecule has 1 heterocycles. The van der Waals surface area contributed by atoms with Gasteiger partial charge in [-0.05, 0) is 36.4 Å². The second kappa shape index (κ2) is 9.38. The molecule has 140 valence electrons. The maximum Gasteiger partial charge on any atom is 0.316 e. The summed E-state index contributed by atoms with van der Waals surface area (Å²) in [5, 5.41) is 8.53. The van der Waals surface area contributed by atoms with Crippen LogP contribution in [0.25, 0.3) is 11.5 Å². The van der Waals surface area contributed by atoms with Gasteiger partial charge in [-0.3, -0.25) is 4.79 Å². The summed E-state index contributed by atoms with van der Waals surface area (Å²) in [5.74, 6) is 0.00873. The fourth-order valence-electron chi connectivity index (χ4n) is 2.02. The van der Waals surface area contributed by atoms with E-state index in [1.54, 1.807) is 18.2 Å². The van der Waals surface area contributed by atoms with Gasteiger partial charge in [-0.25, -0.2) is 4.39 Å². The van der Waals surface area contributed by atoms with Crippen LogP contribution in [-0.2, 0) is 9.53 Å². The van der Waals surface area contributed by atoms with Crippen LogP contribution in [0.4, 0.5) is 4.39 Å². The molecule has 0 N–H and O–H groups in total. The highest BCUT2D eigenvalue weighted by molar-refractivity contribution is 7.99. The molecule has 0 aliphatic carbocycles. The second-order valence-electron chi connectivity index (χ2n) is 5.16. The lowest BCUT2D eigenvalue weighted by molar-refractivity contribution is -0.141. The van der Waals surface area contributed by atoms with Gasteiger partial charge < -0.3 is 13.9 Å². The van der Waals surface area contributed by atoms with Crippen molar-refractivity contribution < 1.29 is 23.1 Å². The van der Waals surface area contributed by atoms with E-state index in [0.717, 1.165) is 11.8 Å². The van der Waals surface area contributed by atoms with Crippen molar-refractivity contribution in [3.05, 3.63) is 59.4 Å². The molecule has 3 rings (SSSR count). The first kappa shape index (κ1) is 19.2. The van der Waals surface area contributed by atoms with Gasteiger partial charge >= 0.3 is 5.97 Å². The van der Waals surface area contributed by atoms with Crippen molar-refractivity contribution in [2.75, 3.05) is 19.0 Å². The van der Waals surface area contributed by atoms with Crippen molar-refractivity contribution in [2.24, 2.45) is 0 Å². The molecular formula is C18H14ClFN2O4S. The zero-order valence-electron chi connectivity index (χ0n) is 13.9. The Labute approximate surface area is 163 Å². The maximum atomic E-state index is 12.8. The standard InChI is InChI=1S/C18H14ClFN2O4S/c19-15-4-2-1-3-14(15)17-21-22-18(26-17)27-11-16(23)25-10-9-24-13-7-5-12(20)6-8-13/h1-8H,9-11H2. The average molecular weight is 409 g/mol. The van der Waals surface area contributed by atoms with Crippen molar-refractivity contribution in [1.29, 1.82) is 0 Å². The number of carbonyl (C=O) groups is 1. The van der Waals surface area contributed by atoms with Crippen LogP contribution in [0.3, 0.4) is 0 Å². The maximum absolute atomic E-state index is 12.8. The first-order valence-corrected chi connectivity index (χ1v) is 9.23. The largest absolute Gasteiger partial charge is 0.490 e. The number of ether oxygens (including phenoxy) is 2. The van der Waals surface area contributed by atoms with E-state index in [1.807, 2.05) is 6.07 Å². The number of aromatic nitrogens is 2. The molecule has 0 saturated carbocycles. The minimum atomic E-state index is -0.444. The van der Waals surface area contributed by atoms with Gasteiger partial charge in [0.25, 0.3) is 5.22 Å². The van der Waals surface area contributed by atoms with Crippen LogP contribution in [0.5, 0.6) is 5.75 Å². The molecule has 27 heavy (non-hydrogen) atoms. The SMILES string of the molecule is O=C(CSc1nnc(-c2ccccc2Cl)o1)OCCOc1ccc(F)cc1. The Morgan fingerprint density at radius 1 is 1.11 bits per heavy atom. The molecule has 3 aromatic rings. The Hall–Kier alpha value is -2.58. The van der Waals surface area contributed by atoms with Crippen LogP contribution in [0.15, 0.2) is 58.2 Å². The van der Waals surface area contributed by atoms with E-state index in [4.69, 9.17) is 25.5 Å². The zero-order valence-corrected chi connectivity index (χ0v) is 15.5. The summed E-state index contributed by atoms with van der Waals surface area (Å²) >= 11 is 7.14. The summed E-state index contributed by atoms with van der Waals surface area (Å²) in [6.07, 6.45) is 0. The number of hydrogen-bond donors (Lipinski definition) is 0. The Kier molecular flexibility index (Phi) is 6.67. The molecular weight excluding hydrogens is 395 g/mol. The van der Waals surface area contributed by atoms with Crippen LogP contribution in [0.2, 0.25) is 5.02 Å². The number of benzene rings is 2. The highest BCUT2D eigenvalue weighted by Gasteiger charge is 2.13. The van der Waals surface area contributed by atoms with Crippen LogP contribution in [0, 0.1) is 5.82 Å². The number of thioether (sulfide) groups is 1. The van der Waals surface area contributed by atoms with Gasteiger partial charge in [0.1, 0.15) is 30.5 Å². The van der Waals surface area contributed by atoms with E-state index in [1.165, 1.54) is 24.3 Å². The molecule has 0 radical (unpaired) electrons. The molecule has 0 bridgehead atoms. The number of hydrogen-bond acceptors (Lipinski definition) is 7. The monoisotopic (exact) mass is 408 g/mol. The third kappa shape index (κ3) is 5.70. The number of nitrogens with zero attached hydrogens (tertiary/aromatic N) is 2. The summed E-state index contributed by atoms with van der Waals surface area (Å²) in [7, 11) is 0. The van der Waals surface area contributed by atoms with E-state index in [2.05, 4.69) is 10.2 Å². The van der Waals surface area contributed by atoms with Gasteiger partial charge in [-0.1, -0.05) is 35.5 Å². The molecule has 1 aromatic heterocycles. The fourth-order valence-corrected chi connectivity index (χ4v) is 2.80. The molecule has 0 saturated heterocycles. The Bertz CT molecular complexity index is 904. The lowest BCUT2D eigenvalue weighted by Crippen LogP contribution is -2.13. The minimum absolute atomic E-state index is 0.0146. The van der Waals surface area contributed by atoms with Crippen LogP contribution >= 0.6 is 23.4 Å². The summed E-state index contributed by atoms with van der Waals surface area (Å²) < 4.78 is 28.6. The molecule has 9 heteroatoms. The summed E-state index contributed by atoms with van der Waals surface area (Å²) in [6.45, 7) is 0.241. The minimum Gasteiger partial charge on any atom is -0.490 e. The normalized spacial score (nSPS) is 10.6. The fraction of sp³-hybridized carbons (Fsp3) is 0.167. The average Bonchev–Trinajstić information content (AvgIpc) is 3.14. The van der Waals surface area contributed by atoms with Crippen molar-refractivity contribution in [2.45, 2.75) is 5.22 Å². The van der Waals surface area contributed by atoms with Gasteiger partial charge in [0.2, 0.25) is 5.89 Å². The smallest absolute Gasteiger partial charge is 0.316 e. The van der Waals surface area contributed by atoms with E-state index in [9.17, 15) is 9.18 Å². The molecule has 0 fully saturated rings. The number of halogens is 2. The lowest BCUT2D eigenvalue weighted by Gasteiger charge is -2.06. The Morgan fingerprint density at radius 2 is 1.89 bits per heavy atom. The second-order valence-corrected chi connectivity index (χ2v) is 6.50. The van der Waals surface area contributed by atoms with Gasteiger partial charge in [-0.15, -0.1) is 10.2 Å². The van der Waals surface area contributed by atoms with Gasteiger partial charge in [0, 0.05) is 0 Å². The van der Waals surface area contributed by atoms with Crippen molar-refractivity contribution in [3.63, 3.8) is 0 Å². The van der Waals surface area contributed by atoms with Crippen LogP contribution < -0.4 is 4.74 Å². The molecule has 0 atom stereocenters. The Balaban J connectivity index is 1.39. The summed E-state index contributed by atoms with van der Waals surface area (Å²) in [5.41, 5.74) is 0.624. The van der Waals surface area contributed by atoms with Gasteiger partial charge in [0.15, 0.2) is 0 Å². The van der Waals surface area contributed by atoms with Crippen molar-refractivity contribution in [3.8, 4) is 17.2 Å². The van der Waals surface area contributed by atoms with E-state index in [0.29, 0.717) is 16.3 Å².